The largest absolute Gasteiger partial charge is 0.490 e. The van der Waals surface area contributed by atoms with Crippen LogP contribution in [0.5, 0.6) is 5.75 Å². The van der Waals surface area contributed by atoms with Gasteiger partial charge in [-0.15, -0.1) is 11.6 Å². The van der Waals surface area contributed by atoms with Crippen molar-refractivity contribution < 1.29 is 19.2 Å². The number of nitrogens with zero attached hydrogens (tertiary/aromatic N) is 1. The first-order valence-electron chi connectivity index (χ1n) is 5.59. The molecule has 0 aliphatic rings. The van der Waals surface area contributed by atoms with Crippen molar-refractivity contribution >= 4 is 23.3 Å². The van der Waals surface area contributed by atoms with E-state index >= 15 is 0 Å². The minimum absolute atomic E-state index is 0.0620. The molecular weight excluding hydrogens is 274 g/mol. The van der Waals surface area contributed by atoms with E-state index in [4.69, 9.17) is 21.1 Å². The van der Waals surface area contributed by atoms with Crippen molar-refractivity contribution in [1.82, 2.24) is 0 Å². The number of esters is 1. The van der Waals surface area contributed by atoms with Crippen molar-refractivity contribution in [2.24, 2.45) is 0 Å². The van der Waals surface area contributed by atoms with Gasteiger partial charge in [0.05, 0.1) is 25.1 Å². The standard InChI is InChI=1S/C12H14ClNO5/c1-3-19-11(15)6-9-4-8(7-13)5-10(14(16)17)12(9)18-2/h4-5H,3,6-7H2,1-2H3. The molecule has 0 saturated heterocycles. The minimum atomic E-state index is -0.566. The molecule has 0 fully saturated rings. The summed E-state index contributed by atoms with van der Waals surface area (Å²) < 4.78 is 9.85. The SMILES string of the molecule is CCOC(=O)Cc1cc(CCl)cc([N+](=O)[O-])c1OC. The number of carbonyl (C=O) groups excluding carboxylic acids is 1. The quantitative estimate of drug-likeness (QED) is 0.347. The number of rotatable bonds is 6. The third-order valence-corrected chi connectivity index (χ3v) is 2.71. The van der Waals surface area contributed by atoms with Gasteiger partial charge in [0, 0.05) is 17.5 Å². The van der Waals surface area contributed by atoms with E-state index in [2.05, 4.69) is 0 Å². The van der Waals surface area contributed by atoms with Crippen molar-refractivity contribution in [2.45, 2.75) is 19.2 Å². The maximum absolute atomic E-state index is 11.5. The highest BCUT2D eigenvalue weighted by atomic mass is 35.5. The molecular formula is C12H14ClNO5. The summed E-state index contributed by atoms with van der Waals surface area (Å²) in [6, 6.07) is 2.94. The van der Waals surface area contributed by atoms with Crippen LogP contribution in [-0.4, -0.2) is 24.6 Å². The number of methoxy groups -OCH3 is 1. The van der Waals surface area contributed by atoms with Crippen LogP contribution in [0.4, 0.5) is 5.69 Å². The third kappa shape index (κ3) is 3.82. The highest BCUT2D eigenvalue weighted by molar-refractivity contribution is 6.17. The summed E-state index contributed by atoms with van der Waals surface area (Å²) in [4.78, 5) is 21.9. The number of carbonyl (C=O) groups is 1. The molecule has 0 aliphatic heterocycles. The molecule has 0 radical (unpaired) electrons. The smallest absolute Gasteiger partial charge is 0.311 e. The number of hydrogen-bond donors (Lipinski definition) is 0. The van der Waals surface area contributed by atoms with Gasteiger partial charge >= 0.3 is 11.7 Å². The summed E-state index contributed by atoms with van der Waals surface area (Å²) in [7, 11) is 1.32. The normalized spacial score (nSPS) is 10.1. The van der Waals surface area contributed by atoms with Crippen LogP contribution >= 0.6 is 11.6 Å². The highest BCUT2D eigenvalue weighted by Gasteiger charge is 2.22. The molecule has 0 atom stereocenters. The Morgan fingerprint density at radius 3 is 2.63 bits per heavy atom. The Morgan fingerprint density at radius 1 is 1.47 bits per heavy atom. The lowest BCUT2D eigenvalue weighted by Crippen LogP contribution is -2.10. The number of halogens is 1. The highest BCUT2D eigenvalue weighted by Crippen LogP contribution is 2.33. The topological polar surface area (TPSA) is 78.7 Å². The van der Waals surface area contributed by atoms with E-state index in [1.54, 1.807) is 13.0 Å². The van der Waals surface area contributed by atoms with Crippen LogP contribution in [0.1, 0.15) is 18.1 Å². The zero-order valence-electron chi connectivity index (χ0n) is 10.6. The first-order chi connectivity index (χ1) is 9.03. The Labute approximate surface area is 115 Å². The fraction of sp³-hybridized carbons (Fsp3) is 0.417. The lowest BCUT2D eigenvalue weighted by atomic mass is 10.1. The van der Waals surface area contributed by atoms with Gasteiger partial charge in [0.25, 0.3) is 0 Å². The maximum Gasteiger partial charge on any atom is 0.311 e. The Balaban J connectivity index is 3.23. The van der Waals surface area contributed by atoms with Crippen LogP contribution in [0.25, 0.3) is 0 Å². The van der Waals surface area contributed by atoms with Crippen molar-refractivity contribution in [3.05, 3.63) is 33.4 Å². The molecule has 0 unspecified atom stereocenters. The predicted molar refractivity (Wildman–Crippen MR) is 69.5 cm³/mol. The predicted octanol–water partition coefficient (Wildman–Crippen LogP) is 2.45. The van der Waals surface area contributed by atoms with Gasteiger partial charge < -0.3 is 9.47 Å². The van der Waals surface area contributed by atoms with Crippen LogP contribution in [0.3, 0.4) is 0 Å². The molecule has 0 bridgehead atoms. The van der Waals surface area contributed by atoms with Crippen LogP contribution in [0, 0.1) is 10.1 Å². The van der Waals surface area contributed by atoms with Crippen molar-refractivity contribution in [3.8, 4) is 5.75 Å². The third-order valence-electron chi connectivity index (χ3n) is 2.40. The maximum atomic E-state index is 11.5. The minimum Gasteiger partial charge on any atom is -0.490 e. The Bertz CT molecular complexity index is 489. The van der Waals surface area contributed by atoms with E-state index in [0.29, 0.717) is 11.1 Å². The first-order valence-corrected chi connectivity index (χ1v) is 6.12. The zero-order chi connectivity index (χ0) is 14.4. The van der Waals surface area contributed by atoms with Crippen LogP contribution in [0.15, 0.2) is 12.1 Å². The number of benzene rings is 1. The second-order valence-electron chi connectivity index (χ2n) is 3.68. The van der Waals surface area contributed by atoms with E-state index in [0.717, 1.165) is 0 Å². The van der Waals surface area contributed by atoms with Gasteiger partial charge in [-0.1, -0.05) is 0 Å². The Morgan fingerprint density at radius 2 is 2.16 bits per heavy atom. The summed E-state index contributed by atoms with van der Waals surface area (Å²) >= 11 is 5.69. The Kier molecular flexibility index (Phi) is 5.57. The van der Waals surface area contributed by atoms with Gasteiger partial charge in [-0.05, 0) is 18.6 Å². The summed E-state index contributed by atoms with van der Waals surface area (Å²) in [5.41, 5.74) is 0.735. The molecule has 0 saturated carbocycles. The first kappa shape index (κ1) is 15.2. The van der Waals surface area contributed by atoms with Crippen molar-refractivity contribution in [3.63, 3.8) is 0 Å². The molecule has 6 nitrogen and oxygen atoms in total. The van der Waals surface area contributed by atoms with Crippen molar-refractivity contribution in [2.75, 3.05) is 13.7 Å². The van der Waals surface area contributed by atoms with Crippen LogP contribution in [0.2, 0.25) is 0 Å². The van der Waals surface area contributed by atoms with Gasteiger partial charge in [0.2, 0.25) is 5.75 Å². The van der Waals surface area contributed by atoms with Crippen LogP contribution in [-0.2, 0) is 21.8 Å². The van der Waals surface area contributed by atoms with Gasteiger partial charge in [-0.25, -0.2) is 0 Å². The molecule has 0 aliphatic carbocycles. The second kappa shape index (κ2) is 6.94. The number of alkyl halides is 1. The summed E-state index contributed by atoms with van der Waals surface area (Å²) in [5.74, 6) is -0.297. The van der Waals surface area contributed by atoms with Crippen molar-refractivity contribution in [1.29, 1.82) is 0 Å². The molecule has 0 aromatic heterocycles. The molecule has 1 rings (SSSR count). The molecule has 104 valence electrons. The second-order valence-corrected chi connectivity index (χ2v) is 3.95. The molecule has 7 heteroatoms. The molecule has 0 amide bonds. The number of nitro groups is 1. The molecule has 1 aromatic carbocycles. The number of hydrogen-bond acceptors (Lipinski definition) is 5. The molecule has 19 heavy (non-hydrogen) atoms. The van der Waals surface area contributed by atoms with Gasteiger partial charge in [-0.2, -0.15) is 0 Å². The number of nitro benzene ring substituents is 1. The van der Waals surface area contributed by atoms with E-state index in [9.17, 15) is 14.9 Å². The molecule has 0 spiro atoms. The van der Waals surface area contributed by atoms with Gasteiger partial charge in [0.15, 0.2) is 0 Å². The Hall–Kier alpha value is -1.82. The van der Waals surface area contributed by atoms with E-state index in [1.165, 1.54) is 13.2 Å². The summed E-state index contributed by atoms with van der Waals surface area (Å²) in [5, 5.41) is 11.0. The fourth-order valence-electron chi connectivity index (χ4n) is 1.68. The molecule has 0 heterocycles. The van der Waals surface area contributed by atoms with Gasteiger partial charge in [0.1, 0.15) is 0 Å². The van der Waals surface area contributed by atoms with E-state index in [-0.39, 0.29) is 30.3 Å². The average molecular weight is 288 g/mol. The van der Waals surface area contributed by atoms with E-state index in [1.807, 2.05) is 0 Å². The molecule has 1 aromatic rings. The zero-order valence-corrected chi connectivity index (χ0v) is 11.4. The monoisotopic (exact) mass is 287 g/mol. The lowest BCUT2D eigenvalue weighted by molar-refractivity contribution is -0.385. The summed E-state index contributed by atoms with van der Waals surface area (Å²) in [6.45, 7) is 1.94. The van der Waals surface area contributed by atoms with Gasteiger partial charge in [-0.3, -0.25) is 14.9 Å². The fourth-order valence-corrected chi connectivity index (χ4v) is 1.84. The van der Waals surface area contributed by atoms with Crippen LogP contribution < -0.4 is 4.74 Å². The lowest BCUT2D eigenvalue weighted by Gasteiger charge is -2.10. The summed E-state index contributed by atoms with van der Waals surface area (Å²) in [6.07, 6.45) is -0.0947. The molecule has 0 N–H and O–H groups in total. The van der Waals surface area contributed by atoms with E-state index < -0.39 is 10.9 Å². The average Bonchev–Trinajstić information content (AvgIpc) is 2.37. The number of ether oxygens (including phenoxy) is 2.